The van der Waals surface area contributed by atoms with Gasteiger partial charge in [0.15, 0.2) is 0 Å². The smallest absolute Gasteiger partial charge is 0.0223 e. The summed E-state index contributed by atoms with van der Waals surface area (Å²) in [6.45, 7) is 10.4. The molecule has 116 valence electrons. The van der Waals surface area contributed by atoms with Crippen molar-refractivity contribution in [1.29, 1.82) is 0 Å². The number of piperazine rings is 1. The number of likely N-dealkylation sites (tertiary alicyclic amines) is 1. The minimum atomic E-state index is 0.823. The van der Waals surface area contributed by atoms with Crippen molar-refractivity contribution in [2.24, 2.45) is 5.92 Å². The Morgan fingerprint density at radius 3 is 2.50 bits per heavy atom. The van der Waals surface area contributed by atoms with E-state index >= 15 is 0 Å². The van der Waals surface area contributed by atoms with Crippen LogP contribution in [0.3, 0.4) is 0 Å². The third kappa shape index (κ3) is 3.37. The fourth-order valence-electron chi connectivity index (χ4n) is 4.50. The lowest BCUT2D eigenvalue weighted by atomic mass is 9.92. The SMILES string of the molecule is CCC1CN2CCCCC2CN1CC1CCN(C)CC1. The molecule has 0 radical (unpaired) electrons. The number of rotatable bonds is 3. The van der Waals surface area contributed by atoms with Gasteiger partial charge in [0, 0.05) is 31.7 Å². The van der Waals surface area contributed by atoms with E-state index in [1.54, 1.807) is 0 Å². The van der Waals surface area contributed by atoms with E-state index in [0.29, 0.717) is 0 Å². The highest BCUT2D eigenvalue weighted by Crippen LogP contribution is 2.27. The van der Waals surface area contributed by atoms with E-state index in [2.05, 4.69) is 28.7 Å². The molecule has 3 heteroatoms. The Balaban J connectivity index is 1.56. The van der Waals surface area contributed by atoms with Crippen LogP contribution in [0.25, 0.3) is 0 Å². The molecule has 0 N–H and O–H groups in total. The summed E-state index contributed by atoms with van der Waals surface area (Å²) < 4.78 is 0. The summed E-state index contributed by atoms with van der Waals surface area (Å²) in [5.41, 5.74) is 0. The predicted molar refractivity (Wildman–Crippen MR) is 85.1 cm³/mol. The largest absolute Gasteiger partial charge is 0.306 e. The maximum atomic E-state index is 2.86. The molecule has 0 amide bonds. The van der Waals surface area contributed by atoms with Crippen LogP contribution >= 0.6 is 0 Å². The first-order valence-electron chi connectivity index (χ1n) is 8.93. The molecule has 3 fully saturated rings. The predicted octanol–water partition coefficient (Wildman–Crippen LogP) is 2.28. The number of fused-ring (bicyclic) bond motifs is 1. The first kappa shape index (κ1) is 14.8. The second kappa shape index (κ2) is 6.76. The van der Waals surface area contributed by atoms with Crippen LogP contribution in [0.15, 0.2) is 0 Å². The van der Waals surface area contributed by atoms with Crippen LogP contribution in [0.1, 0.15) is 45.4 Å². The number of piperidine rings is 2. The minimum Gasteiger partial charge on any atom is -0.306 e. The van der Waals surface area contributed by atoms with Crippen molar-refractivity contribution in [3.8, 4) is 0 Å². The summed E-state index contributed by atoms with van der Waals surface area (Å²) >= 11 is 0. The molecule has 3 aliphatic heterocycles. The molecule has 3 heterocycles. The van der Waals surface area contributed by atoms with E-state index in [1.807, 2.05) is 0 Å². The van der Waals surface area contributed by atoms with Crippen molar-refractivity contribution in [3.63, 3.8) is 0 Å². The van der Waals surface area contributed by atoms with E-state index in [1.165, 1.54) is 77.8 Å². The van der Waals surface area contributed by atoms with Crippen LogP contribution in [-0.4, -0.2) is 73.1 Å². The maximum absolute atomic E-state index is 2.86. The van der Waals surface area contributed by atoms with Gasteiger partial charge in [-0.1, -0.05) is 13.3 Å². The van der Waals surface area contributed by atoms with E-state index in [4.69, 9.17) is 0 Å². The molecule has 0 aliphatic carbocycles. The third-order valence-electron chi connectivity index (χ3n) is 5.96. The van der Waals surface area contributed by atoms with Crippen molar-refractivity contribution < 1.29 is 0 Å². The molecular formula is C17H33N3. The fraction of sp³-hybridized carbons (Fsp3) is 1.00. The number of nitrogens with zero attached hydrogens (tertiary/aromatic N) is 3. The van der Waals surface area contributed by atoms with Gasteiger partial charge in [-0.15, -0.1) is 0 Å². The lowest BCUT2D eigenvalue weighted by molar-refractivity contribution is -0.00445. The monoisotopic (exact) mass is 279 g/mol. The molecule has 3 saturated heterocycles. The Morgan fingerprint density at radius 2 is 1.75 bits per heavy atom. The van der Waals surface area contributed by atoms with Gasteiger partial charge in [0.1, 0.15) is 0 Å². The molecule has 0 bridgehead atoms. The molecule has 0 aromatic heterocycles. The summed E-state index contributed by atoms with van der Waals surface area (Å²) in [5, 5.41) is 0. The Labute approximate surface area is 125 Å². The van der Waals surface area contributed by atoms with Gasteiger partial charge >= 0.3 is 0 Å². The van der Waals surface area contributed by atoms with Gasteiger partial charge in [-0.2, -0.15) is 0 Å². The Hall–Kier alpha value is -0.120. The molecule has 3 nitrogen and oxygen atoms in total. The quantitative estimate of drug-likeness (QED) is 0.785. The van der Waals surface area contributed by atoms with Crippen LogP contribution < -0.4 is 0 Å². The maximum Gasteiger partial charge on any atom is 0.0223 e. The summed E-state index contributed by atoms with van der Waals surface area (Å²) in [6.07, 6.45) is 8.49. The van der Waals surface area contributed by atoms with Gasteiger partial charge in [-0.25, -0.2) is 0 Å². The highest BCUT2D eigenvalue weighted by molar-refractivity contribution is 4.91. The lowest BCUT2D eigenvalue weighted by Crippen LogP contribution is -2.60. The first-order chi connectivity index (χ1) is 9.76. The highest BCUT2D eigenvalue weighted by atomic mass is 15.3. The molecule has 0 saturated carbocycles. The summed E-state index contributed by atoms with van der Waals surface area (Å²) in [5.74, 6) is 0.954. The zero-order chi connectivity index (χ0) is 13.9. The summed E-state index contributed by atoms with van der Waals surface area (Å²) in [6, 6.07) is 1.70. The van der Waals surface area contributed by atoms with Crippen LogP contribution in [0.4, 0.5) is 0 Å². The van der Waals surface area contributed by atoms with E-state index in [-0.39, 0.29) is 0 Å². The molecule has 3 aliphatic rings. The standard InChI is InChI=1S/C17H33N3/c1-3-16-13-19-9-5-4-6-17(19)14-20(16)12-15-7-10-18(2)11-8-15/h15-17H,3-14H2,1-2H3. The molecule has 20 heavy (non-hydrogen) atoms. The van der Waals surface area contributed by atoms with Gasteiger partial charge in [-0.3, -0.25) is 9.80 Å². The normalized spacial score (nSPS) is 35.1. The molecule has 2 unspecified atom stereocenters. The summed E-state index contributed by atoms with van der Waals surface area (Å²) in [7, 11) is 2.27. The van der Waals surface area contributed by atoms with Gasteiger partial charge in [0.05, 0.1) is 0 Å². The van der Waals surface area contributed by atoms with Crippen molar-refractivity contribution >= 4 is 0 Å². The van der Waals surface area contributed by atoms with Crippen LogP contribution in [0.5, 0.6) is 0 Å². The van der Waals surface area contributed by atoms with Crippen molar-refractivity contribution in [1.82, 2.24) is 14.7 Å². The lowest BCUT2D eigenvalue weighted by Gasteiger charge is -2.49. The Bertz CT molecular complexity index is 299. The molecule has 0 aromatic carbocycles. The van der Waals surface area contributed by atoms with Crippen molar-refractivity contribution in [3.05, 3.63) is 0 Å². The zero-order valence-corrected chi connectivity index (χ0v) is 13.6. The van der Waals surface area contributed by atoms with Crippen molar-refractivity contribution in [2.45, 2.75) is 57.5 Å². The molecular weight excluding hydrogens is 246 g/mol. The van der Waals surface area contributed by atoms with Gasteiger partial charge in [0.2, 0.25) is 0 Å². The molecule has 3 rings (SSSR count). The van der Waals surface area contributed by atoms with Crippen LogP contribution in [0, 0.1) is 5.92 Å². The molecule has 2 atom stereocenters. The topological polar surface area (TPSA) is 9.72 Å². The van der Waals surface area contributed by atoms with E-state index < -0.39 is 0 Å². The molecule has 0 spiro atoms. The first-order valence-corrected chi connectivity index (χ1v) is 8.93. The second-order valence-corrected chi connectivity index (χ2v) is 7.41. The van der Waals surface area contributed by atoms with Gasteiger partial charge in [-0.05, 0) is 64.7 Å². The highest BCUT2D eigenvalue weighted by Gasteiger charge is 2.35. The average Bonchev–Trinajstić information content (AvgIpc) is 2.49. The van der Waals surface area contributed by atoms with Gasteiger partial charge < -0.3 is 4.90 Å². The second-order valence-electron chi connectivity index (χ2n) is 7.41. The Morgan fingerprint density at radius 1 is 0.950 bits per heavy atom. The number of hydrogen-bond acceptors (Lipinski definition) is 3. The number of hydrogen-bond donors (Lipinski definition) is 0. The van der Waals surface area contributed by atoms with E-state index in [9.17, 15) is 0 Å². The van der Waals surface area contributed by atoms with Crippen LogP contribution in [0.2, 0.25) is 0 Å². The van der Waals surface area contributed by atoms with E-state index in [0.717, 1.165) is 18.0 Å². The van der Waals surface area contributed by atoms with Crippen molar-refractivity contribution in [2.75, 3.05) is 46.3 Å². The van der Waals surface area contributed by atoms with Gasteiger partial charge in [0.25, 0.3) is 0 Å². The molecule has 0 aromatic rings. The van der Waals surface area contributed by atoms with Crippen LogP contribution in [-0.2, 0) is 0 Å². The Kier molecular flexibility index (Phi) is 5.00. The summed E-state index contributed by atoms with van der Waals surface area (Å²) in [4.78, 5) is 8.15. The average molecular weight is 279 g/mol. The minimum absolute atomic E-state index is 0.823. The fourth-order valence-corrected chi connectivity index (χ4v) is 4.50. The zero-order valence-electron chi connectivity index (χ0n) is 13.6. The third-order valence-corrected chi connectivity index (χ3v) is 5.96.